The molecule has 1 aromatic rings. The number of hydrogen-bond donors (Lipinski definition) is 0. The van der Waals surface area contributed by atoms with Gasteiger partial charge in [-0.05, 0) is 11.6 Å². The zero-order chi connectivity index (χ0) is 14.5. The number of halogens is 2. The van der Waals surface area contributed by atoms with Crippen LogP contribution in [-0.4, -0.2) is 48.4 Å². The molecule has 20 heavy (non-hydrogen) atoms. The van der Waals surface area contributed by atoms with E-state index in [2.05, 4.69) is 6.07 Å². The summed E-state index contributed by atoms with van der Waals surface area (Å²) in [4.78, 5) is 15.7. The predicted molar refractivity (Wildman–Crippen MR) is 68.7 cm³/mol. The first-order valence-electron chi connectivity index (χ1n) is 6.41. The Morgan fingerprint density at radius 1 is 1.25 bits per heavy atom. The largest absolute Gasteiger partial charge is 0.340 e. The van der Waals surface area contributed by atoms with Crippen LogP contribution in [0.2, 0.25) is 0 Å². The number of rotatable bonds is 3. The third-order valence-corrected chi connectivity index (χ3v) is 3.38. The van der Waals surface area contributed by atoms with Gasteiger partial charge in [0, 0.05) is 32.2 Å². The molecule has 1 fully saturated rings. The van der Waals surface area contributed by atoms with Crippen LogP contribution in [0.1, 0.15) is 5.56 Å². The van der Waals surface area contributed by atoms with E-state index >= 15 is 0 Å². The summed E-state index contributed by atoms with van der Waals surface area (Å²) in [6.07, 6.45) is -0.0651. The van der Waals surface area contributed by atoms with E-state index in [-0.39, 0.29) is 17.9 Å². The van der Waals surface area contributed by atoms with Crippen LogP contribution in [-0.2, 0) is 11.2 Å². The summed E-state index contributed by atoms with van der Waals surface area (Å²) in [7, 11) is 0. The van der Waals surface area contributed by atoms with Crippen LogP contribution in [0.25, 0.3) is 0 Å². The Balaban J connectivity index is 1.91. The Morgan fingerprint density at radius 2 is 1.95 bits per heavy atom. The van der Waals surface area contributed by atoms with Gasteiger partial charge in [0.05, 0.1) is 19.0 Å². The van der Waals surface area contributed by atoms with Gasteiger partial charge < -0.3 is 4.90 Å². The molecule has 0 radical (unpaired) electrons. The van der Waals surface area contributed by atoms with Crippen LogP contribution < -0.4 is 0 Å². The molecular formula is C14H15F2N3O. The van der Waals surface area contributed by atoms with Crippen molar-refractivity contribution in [3.8, 4) is 6.07 Å². The number of piperazine rings is 1. The van der Waals surface area contributed by atoms with E-state index in [1.54, 1.807) is 4.90 Å². The van der Waals surface area contributed by atoms with Crippen LogP contribution in [0.3, 0.4) is 0 Å². The van der Waals surface area contributed by atoms with Crippen molar-refractivity contribution in [1.82, 2.24) is 9.80 Å². The molecule has 2 rings (SSSR count). The van der Waals surface area contributed by atoms with Crippen LogP contribution >= 0.6 is 0 Å². The van der Waals surface area contributed by atoms with Crippen molar-refractivity contribution in [2.45, 2.75) is 6.42 Å². The average molecular weight is 279 g/mol. The van der Waals surface area contributed by atoms with Crippen molar-refractivity contribution in [2.24, 2.45) is 0 Å². The molecule has 6 heteroatoms. The lowest BCUT2D eigenvalue weighted by molar-refractivity contribution is -0.132. The molecule has 1 saturated heterocycles. The SMILES string of the molecule is N#CCN1CCN(C(=O)Cc2ccc(F)cc2F)CC1. The van der Waals surface area contributed by atoms with Gasteiger partial charge in [0.2, 0.25) is 5.91 Å². The highest BCUT2D eigenvalue weighted by atomic mass is 19.1. The van der Waals surface area contributed by atoms with Gasteiger partial charge in [-0.25, -0.2) is 8.78 Å². The maximum atomic E-state index is 13.5. The van der Waals surface area contributed by atoms with E-state index in [0.29, 0.717) is 32.7 Å². The summed E-state index contributed by atoms with van der Waals surface area (Å²) >= 11 is 0. The number of amides is 1. The first-order valence-corrected chi connectivity index (χ1v) is 6.41. The highest BCUT2D eigenvalue weighted by Gasteiger charge is 2.21. The van der Waals surface area contributed by atoms with Gasteiger partial charge in [-0.1, -0.05) is 6.07 Å². The summed E-state index contributed by atoms with van der Waals surface area (Å²) < 4.78 is 26.3. The molecule has 0 aromatic heterocycles. The molecule has 0 spiro atoms. The smallest absolute Gasteiger partial charge is 0.227 e. The van der Waals surface area contributed by atoms with Gasteiger partial charge in [-0.2, -0.15) is 5.26 Å². The molecule has 1 heterocycles. The molecule has 0 saturated carbocycles. The lowest BCUT2D eigenvalue weighted by Gasteiger charge is -2.33. The van der Waals surface area contributed by atoms with Gasteiger partial charge in [0.15, 0.2) is 0 Å². The summed E-state index contributed by atoms with van der Waals surface area (Å²) in [5.41, 5.74) is 0.204. The van der Waals surface area contributed by atoms with E-state index in [1.165, 1.54) is 6.07 Å². The average Bonchev–Trinajstić information content (AvgIpc) is 2.43. The number of nitriles is 1. The van der Waals surface area contributed by atoms with Crippen molar-refractivity contribution >= 4 is 5.91 Å². The molecular weight excluding hydrogens is 264 g/mol. The van der Waals surface area contributed by atoms with Crippen molar-refractivity contribution in [1.29, 1.82) is 5.26 Å². The van der Waals surface area contributed by atoms with E-state index in [4.69, 9.17) is 5.26 Å². The van der Waals surface area contributed by atoms with Crippen LogP contribution in [0.4, 0.5) is 8.78 Å². The first kappa shape index (κ1) is 14.4. The summed E-state index contributed by atoms with van der Waals surface area (Å²) in [5, 5.41) is 8.60. The van der Waals surface area contributed by atoms with E-state index in [9.17, 15) is 13.6 Å². The van der Waals surface area contributed by atoms with Crippen molar-refractivity contribution in [2.75, 3.05) is 32.7 Å². The third-order valence-electron chi connectivity index (χ3n) is 3.38. The Hall–Kier alpha value is -2.00. The summed E-state index contributed by atoms with van der Waals surface area (Å²) in [6, 6.07) is 5.31. The Labute approximate surface area is 116 Å². The lowest BCUT2D eigenvalue weighted by Crippen LogP contribution is -2.49. The van der Waals surface area contributed by atoms with Crippen LogP contribution in [0.5, 0.6) is 0 Å². The molecule has 0 unspecified atom stereocenters. The van der Waals surface area contributed by atoms with E-state index in [0.717, 1.165) is 12.1 Å². The van der Waals surface area contributed by atoms with Gasteiger partial charge in [-0.15, -0.1) is 0 Å². The third kappa shape index (κ3) is 3.52. The number of carbonyl (C=O) groups is 1. The topological polar surface area (TPSA) is 47.3 Å². The molecule has 1 amide bonds. The van der Waals surface area contributed by atoms with Crippen molar-refractivity contribution in [3.05, 3.63) is 35.4 Å². The Bertz CT molecular complexity index is 534. The minimum Gasteiger partial charge on any atom is -0.340 e. The first-order chi connectivity index (χ1) is 9.60. The molecule has 0 N–H and O–H groups in total. The summed E-state index contributed by atoms with van der Waals surface area (Å²) in [6.45, 7) is 2.71. The van der Waals surface area contributed by atoms with Gasteiger partial charge in [0.25, 0.3) is 0 Å². The monoisotopic (exact) mass is 279 g/mol. The minimum absolute atomic E-state index is 0.0651. The molecule has 4 nitrogen and oxygen atoms in total. The fourth-order valence-corrected chi connectivity index (χ4v) is 2.20. The number of benzene rings is 1. The summed E-state index contributed by atoms with van der Waals surface area (Å²) in [5.74, 6) is -1.52. The predicted octanol–water partition coefficient (Wildman–Crippen LogP) is 1.18. The zero-order valence-electron chi connectivity index (χ0n) is 11.0. The second kappa shape index (κ2) is 6.44. The maximum absolute atomic E-state index is 13.5. The van der Waals surface area contributed by atoms with Gasteiger partial charge >= 0.3 is 0 Å². The van der Waals surface area contributed by atoms with Crippen LogP contribution in [0, 0.1) is 23.0 Å². The molecule has 106 valence electrons. The quantitative estimate of drug-likeness (QED) is 0.780. The Kier molecular flexibility index (Phi) is 4.64. The molecule has 1 aromatic carbocycles. The fourth-order valence-electron chi connectivity index (χ4n) is 2.20. The fraction of sp³-hybridized carbons (Fsp3) is 0.429. The molecule has 1 aliphatic rings. The zero-order valence-corrected chi connectivity index (χ0v) is 11.0. The minimum atomic E-state index is -0.693. The Morgan fingerprint density at radius 3 is 2.55 bits per heavy atom. The molecule has 0 atom stereocenters. The highest BCUT2D eigenvalue weighted by Crippen LogP contribution is 2.12. The normalized spacial score (nSPS) is 15.9. The highest BCUT2D eigenvalue weighted by molar-refractivity contribution is 5.79. The van der Waals surface area contributed by atoms with Gasteiger partial charge in [0.1, 0.15) is 11.6 Å². The second-order valence-electron chi connectivity index (χ2n) is 4.73. The van der Waals surface area contributed by atoms with Gasteiger partial charge in [-0.3, -0.25) is 9.69 Å². The lowest BCUT2D eigenvalue weighted by atomic mass is 10.1. The molecule has 1 aliphatic heterocycles. The van der Waals surface area contributed by atoms with Crippen molar-refractivity contribution in [3.63, 3.8) is 0 Å². The van der Waals surface area contributed by atoms with Crippen molar-refractivity contribution < 1.29 is 13.6 Å². The van der Waals surface area contributed by atoms with Crippen LogP contribution in [0.15, 0.2) is 18.2 Å². The van der Waals surface area contributed by atoms with E-state index in [1.807, 2.05) is 4.90 Å². The number of carbonyl (C=O) groups excluding carboxylic acids is 1. The standard InChI is InChI=1S/C14H15F2N3O/c15-12-2-1-11(13(16)10-12)9-14(20)19-7-5-18(4-3-17)6-8-19/h1-2,10H,4-9H2. The molecule has 0 aliphatic carbocycles. The number of hydrogen-bond acceptors (Lipinski definition) is 3. The molecule has 0 bridgehead atoms. The van der Waals surface area contributed by atoms with E-state index < -0.39 is 11.6 Å². The number of nitrogens with zero attached hydrogens (tertiary/aromatic N) is 3. The maximum Gasteiger partial charge on any atom is 0.227 e. The second-order valence-corrected chi connectivity index (χ2v) is 4.73.